The maximum Gasteiger partial charge on any atom is 0.0705 e. The van der Waals surface area contributed by atoms with E-state index in [2.05, 4.69) is 54.5 Å². The number of hydrogen-bond acceptors (Lipinski definition) is 2. The Morgan fingerprint density at radius 1 is 1.05 bits per heavy atom. The highest BCUT2D eigenvalue weighted by molar-refractivity contribution is 5.82. The molecule has 2 rings (SSSR count). The lowest BCUT2D eigenvalue weighted by Crippen LogP contribution is -2.21. The van der Waals surface area contributed by atoms with Crippen molar-refractivity contribution in [2.75, 3.05) is 6.54 Å². The molecule has 1 atom stereocenters. The van der Waals surface area contributed by atoms with E-state index < -0.39 is 0 Å². The fourth-order valence-electron chi connectivity index (χ4n) is 2.81. The number of pyridine rings is 1. The largest absolute Gasteiger partial charge is 0.310 e. The standard InChI is InChI=1S/C18H26N2/c1-3-5-6-7-11-17(19-4-2)16-13-14-20-18-12-9-8-10-15(16)18/h8-10,12-14,17,19H,3-7,11H2,1-2H3. The van der Waals surface area contributed by atoms with Crippen molar-refractivity contribution in [2.45, 2.75) is 52.0 Å². The van der Waals surface area contributed by atoms with Crippen molar-refractivity contribution in [1.29, 1.82) is 0 Å². The third kappa shape index (κ3) is 3.80. The lowest BCUT2D eigenvalue weighted by atomic mass is 9.97. The van der Waals surface area contributed by atoms with Gasteiger partial charge in [-0.25, -0.2) is 0 Å². The van der Waals surface area contributed by atoms with Crippen LogP contribution in [-0.4, -0.2) is 11.5 Å². The molecule has 1 aromatic carbocycles. The quantitative estimate of drug-likeness (QED) is 0.693. The Morgan fingerprint density at radius 2 is 1.90 bits per heavy atom. The Balaban J connectivity index is 2.18. The van der Waals surface area contributed by atoms with E-state index in [1.54, 1.807) is 0 Å². The highest BCUT2D eigenvalue weighted by Gasteiger charge is 2.13. The molecule has 0 spiro atoms. The van der Waals surface area contributed by atoms with Crippen molar-refractivity contribution in [3.8, 4) is 0 Å². The number of aromatic nitrogens is 1. The molecule has 2 nitrogen and oxygen atoms in total. The second kappa shape index (κ2) is 8.01. The molecule has 108 valence electrons. The Labute approximate surface area is 122 Å². The predicted octanol–water partition coefficient (Wildman–Crippen LogP) is 4.86. The SMILES string of the molecule is CCCCCCC(NCC)c1ccnc2ccccc12. The van der Waals surface area contributed by atoms with Gasteiger partial charge < -0.3 is 5.32 Å². The third-order valence-corrected chi connectivity index (χ3v) is 3.86. The molecule has 0 radical (unpaired) electrons. The second-order valence-electron chi connectivity index (χ2n) is 5.38. The molecule has 2 heteroatoms. The first-order chi connectivity index (χ1) is 9.86. The summed E-state index contributed by atoms with van der Waals surface area (Å²) in [6.45, 7) is 5.45. The molecule has 20 heavy (non-hydrogen) atoms. The first-order valence-electron chi connectivity index (χ1n) is 7.93. The molecule has 1 heterocycles. The average molecular weight is 270 g/mol. The molecule has 1 N–H and O–H groups in total. The number of fused-ring (bicyclic) bond motifs is 1. The van der Waals surface area contributed by atoms with Gasteiger partial charge in [-0.2, -0.15) is 0 Å². The van der Waals surface area contributed by atoms with Crippen LogP contribution in [0.25, 0.3) is 10.9 Å². The number of hydrogen-bond donors (Lipinski definition) is 1. The summed E-state index contributed by atoms with van der Waals surface area (Å²) >= 11 is 0. The van der Waals surface area contributed by atoms with Crippen LogP contribution < -0.4 is 5.32 Å². The lowest BCUT2D eigenvalue weighted by Gasteiger charge is -2.20. The number of nitrogens with zero attached hydrogens (tertiary/aromatic N) is 1. The molecule has 0 aliphatic carbocycles. The van der Waals surface area contributed by atoms with E-state index in [1.165, 1.54) is 43.1 Å². The summed E-state index contributed by atoms with van der Waals surface area (Å²) in [5.41, 5.74) is 2.50. The normalized spacial score (nSPS) is 12.7. The Bertz CT molecular complexity index is 516. The minimum atomic E-state index is 0.449. The fraction of sp³-hybridized carbons (Fsp3) is 0.500. The van der Waals surface area contributed by atoms with E-state index >= 15 is 0 Å². The van der Waals surface area contributed by atoms with Gasteiger partial charge in [0.15, 0.2) is 0 Å². The zero-order chi connectivity index (χ0) is 14.2. The van der Waals surface area contributed by atoms with Crippen molar-refractivity contribution >= 4 is 10.9 Å². The van der Waals surface area contributed by atoms with E-state index in [9.17, 15) is 0 Å². The molecule has 1 unspecified atom stereocenters. The van der Waals surface area contributed by atoms with Crippen LogP contribution in [0.4, 0.5) is 0 Å². The minimum Gasteiger partial charge on any atom is -0.310 e. The summed E-state index contributed by atoms with van der Waals surface area (Å²) in [6, 6.07) is 11.1. The van der Waals surface area contributed by atoms with Crippen molar-refractivity contribution in [3.05, 3.63) is 42.1 Å². The van der Waals surface area contributed by atoms with Crippen LogP contribution >= 0.6 is 0 Å². The first-order valence-corrected chi connectivity index (χ1v) is 7.93. The molecule has 2 aromatic rings. The van der Waals surface area contributed by atoms with E-state index in [-0.39, 0.29) is 0 Å². The summed E-state index contributed by atoms with van der Waals surface area (Å²) in [5.74, 6) is 0. The summed E-state index contributed by atoms with van der Waals surface area (Å²) in [7, 11) is 0. The minimum absolute atomic E-state index is 0.449. The van der Waals surface area contributed by atoms with Crippen LogP contribution in [0.1, 0.15) is 57.6 Å². The topological polar surface area (TPSA) is 24.9 Å². The average Bonchev–Trinajstić information content (AvgIpc) is 2.50. The summed E-state index contributed by atoms with van der Waals surface area (Å²) in [5, 5.41) is 4.93. The van der Waals surface area contributed by atoms with Crippen LogP contribution in [0.15, 0.2) is 36.5 Å². The number of nitrogens with one attached hydrogen (secondary N) is 1. The van der Waals surface area contributed by atoms with Gasteiger partial charge in [-0.3, -0.25) is 4.98 Å². The number of para-hydroxylation sites is 1. The van der Waals surface area contributed by atoms with Gasteiger partial charge in [0, 0.05) is 17.6 Å². The molecule has 0 fully saturated rings. The second-order valence-corrected chi connectivity index (χ2v) is 5.38. The van der Waals surface area contributed by atoms with Crippen LogP contribution in [0.5, 0.6) is 0 Å². The summed E-state index contributed by atoms with van der Waals surface area (Å²) in [6.07, 6.45) is 8.42. The molecular formula is C18H26N2. The molecule has 0 aliphatic rings. The van der Waals surface area contributed by atoms with Crippen molar-refractivity contribution < 1.29 is 0 Å². The van der Waals surface area contributed by atoms with Crippen LogP contribution in [0.2, 0.25) is 0 Å². The fourth-order valence-corrected chi connectivity index (χ4v) is 2.81. The Hall–Kier alpha value is -1.41. The van der Waals surface area contributed by atoms with E-state index in [1.807, 2.05) is 6.20 Å². The maximum atomic E-state index is 4.47. The third-order valence-electron chi connectivity index (χ3n) is 3.86. The first kappa shape index (κ1) is 15.0. The van der Waals surface area contributed by atoms with E-state index in [0.717, 1.165) is 12.1 Å². The number of unbranched alkanes of at least 4 members (excludes halogenated alkanes) is 3. The molecule has 0 saturated carbocycles. The number of benzene rings is 1. The van der Waals surface area contributed by atoms with Gasteiger partial charge in [0.2, 0.25) is 0 Å². The van der Waals surface area contributed by atoms with Crippen molar-refractivity contribution in [2.24, 2.45) is 0 Å². The van der Waals surface area contributed by atoms with Crippen LogP contribution in [-0.2, 0) is 0 Å². The summed E-state index contributed by atoms with van der Waals surface area (Å²) in [4.78, 5) is 4.47. The zero-order valence-electron chi connectivity index (χ0n) is 12.7. The molecule has 0 amide bonds. The summed E-state index contributed by atoms with van der Waals surface area (Å²) < 4.78 is 0. The van der Waals surface area contributed by atoms with Crippen LogP contribution in [0.3, 0.4) is 0 Å². The van der Waals surface area contributed by atoms with Crippen molar-refractivity contribution in [3.63, 3.8) is 0 Å². The van der Waals surface area contributed by atoms with E-state index in [0.29, 0.717) is 6.04 Å². The number of rotatable bonds is 8. The van der Waals surface area contributed by atoms with Gasteiger partial charge in [0.1, 0.15) is 0 Å². The molecule has 0 saturated heterocycles. The highest BCUT2D eigenvalue weighted by atomic mass is 14.9. The molecule has 0 bridgehead atoms. The van der Waals surface area contributed by atoms with Gasteiger partial charge in [-0.15, -0.1) is 0 Å². The monoisotopic (exact) mass is 270 g/mol. The van der Waals surface area contributed by atoms with Crippen LogP contribution in [0, 0.1) is 0 Å². The van der Waals surface area contributed by atoms with Gasteiger partial charge in [0.25, 0.3) is 0 Å². The predicted molar refractivity (Wildman–Crippen MR) is 86.9 cm³/mol. The smallest absolute Gasteiger partial charge is 0.0705 e. The molecule has 1 aromatic heterocycles. The Morgan fingerprint density at radius 3 is 2.70 bits per heavy atom. The molecular weight excluding hydrogens is 244 g/mol. The maximum absolute atomic E-state index is 4.47. The lowest BCUT2D eigenvalue weighted by molar-refractivity contribution is 0.484. The van der Waals surface area contributed by atoms with Gasteiger partial charge in [-0.05, 0) is 30.7 Å². The Kier molecular flexibility index (Phi) is 6.00. The van der Waals surface area contributed by atoms with Crippen molar-refractivity contribution in [1.82, 2.24) is 10.3 Å². The van der Waals surface area contributed by atoms with Gasteiger partial charge >= 0.3 is 0 Å². The highest BCUT2D eigenvalue weighted by Crippen LogP contribution is 2.26. The van der Waals surface area contributed by atoms with Gasteiger partial charge in [0.05, 0.1) is 5.52 Å². The molecule has 0 aliphatic heterocycles. The van der Waals surface area contributed by atoms with Gasteiger partial charge in [-0.1, -0.05) is 57.7 Å². The van der Waals surface area contributed by atoms with E-state index in [4.69, 9.17) is 0 Å². The zero-order valence-corrected chi connectivity index (χ0v) is 12.7.